The SMILES string of the molecule is Cc1cc(Nc2nc(C(=O)N3CCNC[C@@H]3N)nc3ccc(Cl)cc23)n[nH]1. The Kier molecular flexibility index (Phi) is 4.65. The minimum absolute atomic E-state index is 0.0805. The Morgan fingerprint density at radius 3 is 2.96 bits per heavy atom. The third kappa shape index (κ3) is 3.57. The number of hydrogen-bond donors (Lipinski definition) is 4. The minimum Gasteiger partial charge on any atom is -0.323 e. The molecule has 140 valence electrons. The minimum atomic E-state index is -0.416. The zero-order chi connectivity index (χ0) is 19.0. The van der Waals surface area contributed by atoms with Gasteiger partial charge in [0, 0.05) is 41.8 Å². The van der Waals surface area contributed by atoms with Crippen LogP contribution in [0.1, 0.15) is 16.3 Å². The van der Waals surface area contributed by atoms with Gasteiger partial charge in [0.1, 0.15) is 5.82 Å². The van der Waals surface area contributed by atoms with Crippen LogP contribution in [0, 0.1) is 6.92 Å². The molecule has 1 amide bonds. The van der Waals surface area contributed by atoms with Gasteiger partial charge in [0.15, 0.2) is 5.82 Å². The summed E-state index contributed by atoms with van der Waals surface area (Å²) in [5, 5.41) is 14.6. The van der Waals surface area contributed by atoms with Crippen molar-refractivity contribution in [3.8, 4) is 0 Å². The van der Waals surface area contributed by atoms with E-state index in [1.807, 2.05) is 13.0 Å². The lowest BCUT2D eigenvalue weighted by Crippen LogP contribution is -2.58. The summed E-state index contributed by atoms with van der Waals surface area (Å²) >= 11 is 6.14. The summed E-state index contributed by atoms with van der Waals surface area (Å²) in [6.45, 7) is 3.62. The van der Waals surface area contributed by atoms with Gasteiger partial charge in [-0.25, -0.2) is 9.97 Å². The van der Waals surface area contributed by atoms with Crippen molar-refractivity contribution in [2.75, 3.05) is 25.0 Å². The van der Waals surface area contributed by atoms with E-state index in [9.17, 15) is 4.79 Å². The number of rotatable bonds is 3. The molecule has 1 aliphatic heterocycles. The molecule has 27 heavy (non-hydrogen) atoms. The number of piperazine rings is 1. The molecule has 0 bridgehead atoms. The van der Waals surface area contributed by atoms with Crippen molar-refractivity contribution in [1.82, 2.24) is 30.4 Å². The molecule has 4 rings (SSSR count). The van der Waals surface area contributed by atoms with Crippen LogP contribution in [0.3, 0.4) is 0 Å². The average molecular weight is 387 g/mol. The smallest absolute Gasteiger partial charge is 0.293 e. The highest BCUT2D eigenvalue weighted by atomic mass is 35.5. The summed E-state index contributed by atoms with van der Waals surface area (Å²) in [7, 11) is 0. The van der Waals surface area contributed by atoms with Crippen LogP contribution >= 0.6 is 11.6 Å². The first-order chi connectivity index (χ1) is 13.0. The van der Waals surface area contributed by atoms with Gasteiger partial charge < -0.3 is 21.3 Å². The van der Waals surface area contributed by atoms with E-state index in [1.165, 1.54) is 0 Å². The molecule has 5 N–H and O–H groups in total. The fraction of sp³-hybridized carbons (Fsp3) is 0.294. The number of aromatic nitrogens is 4. The molecule has 0 aliphatic carbocycles. The second-order valence-electron chi connectivity index (χ2n) is 6.39. The number of nitrogens with zero attached hydrogens (tertiary/aromatic N) is 4. The average Bonchev–Trinajstić information content (AvgIpc) is 3.06. The van der Waals surface area contributed by atoms with Crippen molar-refractivity contribution in [2.45, 2.75) is 13.1 Å². The van der Waals surface area contributed by atoms with E-state index in [0.29, 0.717) is 47.2 Å². The predicted molar refractivity (Wildman–Crippen MR) is 103 cm³/mol. The molecule has 2 aromatic heterocycles. The number of benzene rings is 1. The summed E-state index contributed by atoms with van der Waals surface area (Å²) in [4.78, 5) is 23.4. The number of H-pyrrole nitrogens is 1. The largest absolute Gasteiger partial charge is 0.323 e. The van der Waals surface area contributed by atoms with Crippen LogP contribution in [0.15, 0.2) is 24.3 Å². The van der Waals surface area contributed by atoms with Crippen LogP contribution in [-0.2, 0) is 0 Å². The summed E-state index contributed by atoms with van der Waals surface area (Å²) < 4.78 is 0. The monoisotopic (exact) mass is 386 g/mol. The number of hydrogen-bond acceptors (Lipinski definition) is 7. The van der Waals surface area contributed by atoms with Gasteiger partial charge in [-0.05, 0) is 25.1 Å². The van der Waals surface area contributed by atoms with Gasteiger partial charge in [-0.2, -0.15) is 5.10 Å². The molecule has 1 aromatic carbocycles. The van der Waals surface area contributed by atoms with Gasteiger partial charge in [0.25, 0.3) is 5.91 Å². The van der Waals surface area contributed by atoms with Gasteiger partial charge >= 0.3 is 0 Å². The highest BCUT2D eigenvalue weighted by Crippen LogP contribution is 2.26. The summed E-state index contributed by atoms with van der Waals surface area (Å²) in [6.07, 6.45) is -0.416. The predicted octanol–water partition coefficient (Wildman–Crippen LogP) is 1.39. The molecule has 3 heterocycles. The number of carbonyl (C=O) groups excluding carboxylic acids is 1. The molecule has 10 heteroatoms. The van der Waals surface area contributed by atoms with Crippen LogP contribution in [0.4, 0.5) is 11.6 Å². The van der Waals surface area contributed by atoms with Crippen molar-refractivity contribution in [3.63, 3.8) is 0 Å². The number of amides is 1. The molecule has 3 aromatic rings. The molecule has 1 aliphatic rings. The molecule has 9 nitrogen and oxygen atoms in total. The zero-order valence-electron chi connectivity index (χ0n) is 14.7. The van der Waals surface area contributed by atoms with Gasteiger partial charge in [-0.15, -0.1) is 0 Å². The maximum absolute atomic E-state index is 12.9. The van der Waals surface area contributed by atoms with E-state index in [4.69, 9.17) is 17.3 Å². The molecular formula is C17H19ClN8O. The van der Waals surface area contributed by atoms with Gasteiger partial charge in [-0.1, -0.05) is 11.6 Å². The fourth-order valence-corrected chi connectivity index (χ4v) is 3.17. The number of aromatic amines is 1. The molecule has 0 unspecified atom stereocenters. The van der Waals surface area contributed by atoms with E-state index in [2.05, 4.69) is 30.8 Å². The number of nitrogens with two attached hydrogens (primary N) is 1. The topological polar surface area (TPSA) is 125 Å². The van der Waals surface area contributed by atoms with Crippen LogP contribution in [-0.4, -0.2) is 56.8 Å². The third-order valence-electron chi connectivity index (χ3n) is 4.35. The number of carbonyl (C=O) groups is 1. The first-order valence-electron chi connectivity index (χ1n) is 8.55. The third-order valence-corrected chi connectivity index (χ3v) is 4.58. The molecular weight excluding hydrogens is 368 g/mol. The van der Waals surface area contributed by atoms with Crippen molar-refractivity contribution in [1.29, 1.82) is 0 Å². The second kappa shape index (κ2) is 7.10. The summed E-state index contributed by atoms with van der Waals surface area (Å²) in [6, 6.07) is 7.08. The Morgan fingerprint density at radius 2 is 2.22 bits per heavy atom. The lowest BCUT2D eigenvalue weighted by molar-refractivity contribution is 0.0631. The lowest BCUT2D eigenvalue weighted by atomic mass is 10.2. The zero-order valence-corrected chi connectivity index (χ0v) is 15.4. The highest BCUT2D eigenvalue weighted by Gasteiger charge is 2.27. The van der Waals surface area contributed by atoms with Crippen molar-refractivity contribution >= 4 is 40.0 Å². The quantitative estimate of drug-likeness (QED) is 0.536. The molecule has 0 saturated carbocycles. The number of fused-ring (bicyclic) bond motifs is 1. The Bertz CT molecular complexity index is 1000. The number of halogens is 1. The second-order valence-corrected chi connectivity index (χ2v) is 6.82. The van der Waals surface area contributed by atoms with Gasteiger partial charge in [0.05, 0.1) is 11.7 Å². The van der Waals surface area contributed by atoms with E-state index >= 15 is 0 Å². The van der Waals surface area contributed by atoms with Crippen molar-refractivity contribution < 1.29 is 4.79 Å². The van der Waals surface area contributed by atoms with E-state index in [0.717, 1.165) is 5.69 Å². The molecule has 1 atom stereocenters. The maximum Gasteiger partial charge on any atom is 0.293 e. The van der Waals surface area contributed by atoms with Crippen molar-refractivity contribution in [3.05, 3.63) is 40.8 Å². The Labute approximate surface area is 160 Å². The first kappa shape index (κ1) is 17.7. The van der Waals surface area contributed by atoms with E-state index in [1.54, 1.807) is 23.1 Å². The molecule has 1 saturated heterocycles. The maximum atomic E-state index is 12.9. The van der Waals surface area contributed by atoms with Gasteiger partial charge in [0.2, 0.25) is 5.82 Å². The van der Waals surface area contributed by atoms with Crippen LogP contribution in [0.5, 0.6) is 0 Å². The van der Waals surface area contributed by atoms with Crippen LogP contribution < -0.4 is 16.4 Å². The van der Waals surface area contributed by atoms with Gasteiger partial charge in [-0.3, -0.25) is 9.89 Å². The number of aryl methyl sites for hydroxylation is 1. The highest BCUT2D eigenvalue weighted by molar-refractivity contribution is 6.31. The molecule has 0 spiro atoms. The van der Waals surface area contributed by atoms with Crippen LogP contribution in [0.25, 0.3) is 10.9 Å². The molecule has 1 fully saturated rings. The Balaban J connectivity index is 1.77. The van der Waals surface area contributed by atoms with E-state index < -0.39 is 6.17 Å². The Morgan fingerprint density at radius 1 is 1.37 bits per heavy atom. The number of anilines is 2. The first-order valence-corrected chi connectivity index (χ1v) is 8.92. The lowest BCUT2D eigenvalue weighted by Gasteiger charge is -2.33. The summed E-state index contributed by atoms with van der Waals surface area (Å²) in [5.41, 5.74) is 7.56. The van der Waals surface area contributed by atoms with Crippen molar-refractivity contribution in [2.24, 2.45) is 5.73 Å². The standard InChI is InChI=1S/C17H19ClN8O/c1-9-6-14(25-24-9)22-15-11-7-10(18)2-3-12(11)21-16(23-15)17(27)26-5-4-20-8-13(26)19/h2-3,6-7,13,20H,4-5,8,19H2,1H3,(H2,21,22,23,24,25)/t13-/m1/s1. The summed E-state index contributed by atoms with van der Waals surface area (Å²) in [5.74, 6) is 0.824. The van der Waals surface area contributed by atoms with Crippen LogP contribution in [0.2, 0.25) is 5.02 Å². The number of nitrogens with one attached hydrogen (secondary N) is 3. The fourth-order valence-electron chi connectivity index (χ4n) is 3.00. The molecule has 0 radical (unpaired) electrons. The Hall–Kier alpha value is -2.75. The van der Waals surface area contributed by atoms with E-state index in [-0.39, 0.29) is 11.7 Å². The normalized spacial score (nSPS) is 17.3.